The molecule has 0 aromatic carbocycles. The molecule has 2 N–H and O–H groups in total. The highest BCUT2D eigenvalue weighted by molar-refractivity contribution is 7.23. The summed E-state index contributed by atoms with van der Waals surface area (Å²) >= 11 is 8.60. The van der Waals surface area contributed by atoms with Crippen LogP contribution in [0.15, 0.2) is 17.5 Å². The molecular weight excluding hydrogens is 320 g/mol. The number of halogens is 1. The molecule has 2 aromatic heterocycles. The van der Waals surface area contributed by atoms with Crippen molar-refractivity contribution in [1.82, 2.24) is 10.3 Å². The molecule has 5 nitrogen and oxygen atoms in total. The third-order valence-corrected chi connectivity index (χ3v) is 4.62. The second-order valence-electron chi connectivity index (χ2n) is 4.11. The third-order valence-electron chi connectivity index (χ3n) is 2.38. The molecule has 0 fully saturated rings. The van der Waals surface area contributed by atoms with Gasteiger partial charge in [-0.25, -0.2) is 4.98 Å². The zero-order chi connectivity index (χ0) is 14.7. The number of carboxylic acid groups (broad SMARTS) is 1. The van der Waals surface area contributed by atoms with Crippen LogP contribution >= 0.6 is 34.3 Å². The quantitative estimate of drug-likeness (QED) is 0.882. The number of carboxylic acids is 1. The van der Waals surface area contributed by atoms with E-state index in [0.29, 0.717) is 4.34 Å². The van der Waals surface area contributed by atoms with Crippen molar-refractivity contribution in [3.05, 3.63) is 27.5 Å². The van der Waals surface area contributed by atoms with Gasteiger partial charge >= 0.3 is 5.97 Å². The van der Waals surface area contributed by atoms with Crippen molar-refractivity contribution in [2.45, 2.75) is 19.4 Å². The lowest BCUT2D eigenvalue weighted by Crippen LogP contribution is -2.34. The van der Waals surface area contributed by atoms with E-state index in [0.717, 1.165) is 9.88 Å². The molecule has 0 aliphatic rings. The Morgan fingerprint density at radius 3 is 2.85 bits per heavy atom. The Morgan fingerprint density at radius 2 is 2.25 bits per heavy atom. The maximum atomic E-state index is 11.9. The van der Waals surface area contributed by atoms with E-state index in [4.69, 9.17) is 16.7 Å². The Bertz CT molecular complexity index is 638. The summed E-state index contributed by atoms with van der Waals surface area (Å²) in [6, 6.07) is 3.18. The number of thiophene rings is 1. The van der Waals surface area contributed by atoms with Crippen LogP contribution in [0.3, 0.4) is 0 Å². The van der Waals surface area contributed by atoms with Gasteiger partial charge < -0.3 is 10.4 Å². The minimum Gasteiger partial charge on any atom is -0.481 e. The molecule has 1 unspecified atom stereocenters. The van der Waals surface area contributed by atoms with Crippen molar-refractivity contribution in [2.24, 2.45) is 0 Å². The summed E-state index contributed by atoms with van der Waals surface area (Å²) in [4.78, 5) is 27.6. The Morgan fingerprint density at radius 1 is 1.50 bits per heavy atom. The van der Waals surface area contributed by atoms with Gasteiger partial charge in [0.1, 0.15) is 10.7 Å². The summed E-state index contributed by atoms with van der Waals surface area (Å²) in [6.07, 6.45) is -0.122. The molecule has 106 valence electrons. The summed E-state index contributed by atoms with van der Waals surface area (Å²) in [5, 5.41) is 13.6. The fraction of sp³-hybridized carbons (Fsp3) is 0.250. The number of nitrogens with zero attached hydrogens (tertiary/aromatic N) is 1. The number of hydrogen-bond acceptors (Lipinski definition) is 5. The van der Waals surface area contributed by atoms with Crippen LogP contribution in [0, 0.1) is 0 Å². The molecular formula is C12H11ClN2O3S2. The molecule has 20 heavy (non-hydrogen) atoms. The van der Waals surface area contributed by atoms with Gasteiger partial charge in [-0.2, -0.15) is 0 Å². The standard InChI is InChI=1S/C12H11ClN2O3S2/c1-6(4-10(16)17)14-11(18)7-5-19-12(15-7)8-2-3-9(13)20-8/h2-3,5-6H,4H2,1H3,(H,14,18)(H,16,17). The molecule has 0 bridgehead atoms. The van der Waals surface area contributed by atoms with Gasteiger partial charge in [0, 0.05) is 11.4 Å². The lowest BCUT2D eigenvalue weighted by atomic mass is 10.2. The lowest BCUT2D eigenvalue weighted by Gasteiger charge is -2.09. The Labute approximate surface area is 128 Å². The van der Waals surface area contributed by atoms with Crippen molar-refractivity contribution in [3.8, 4) is 9.88 Å². The van der Waals surface area contributed by atoms with Crippen molar-refractivity contribution < 1.29 is 14.7 Å². The third kappa shape index (κ3) is 3.78. The molecule has 1 atom stereocenters. The first-order valence-electron chi connectivity index (χ1n) is 5.69. The van der Waals surface area contributed by atoms with Gasteiger partial charge in [0.25, 0.3) is 5.91 Å². The monoisotopic (exact) mass is 330 g/mol. The fourth-order valence-corrected chi connectivity index (χ4v) is 3.45. The van der Waals surface area contributed by atoms with E-state index in [2.05, 4.69) is 10.3 Å². The van der Waals surface area contributed by atoms with Gasteiger partial charge in [-0.3, -0.25) is 9.59 Å². The van der Waals surface area contributed by atoms with Crippen LogP contribution in [-0.4, -0.2) is 28.0 Å². The molecule has 0 saturated heterocycles. The topological polar surface area (TPSA) is 79.3 Å². The van der Waals surface area contributed by atoms with Crippen molar-refractivity contribution in [3.63, 3.8) is 0 Å². The molecule has 0 saturated carbocycles. The summed E-state index contributed by atoms with van der Waals surface area (Å²) in [5.41, 5.74) is 0.284. The average Bonchev–Trinajstić information content (AvgIpc) is 2.95. The van der Waals surface area contributed by atoms with Crippen LogP contribution in [0.2, 0.25) is 4.34 Å². The van der Waals surface area contributed by atoms with Crippen LogP contribution in [0.5, 0.6) is 0 Å². The SMILES string of the molecule is CC(CC(=O)O)NC(=O)c1csc(-c2ccc(Cl)s2)n1. The number of nitrogens with one attached hydrogen (secondary N) is 1. The first kappa shape index (κ1) is 15.0. The largest absolute Gasteiger partial charge is 0.481 e. The maximum absolute atomic E-state index is 11.9. The van der Waals surface area contributed by atoms with Crippen LogP contribution in [0.4, 0.5) is 0 Å². The maximum Gasteiger partial charge on any atom is 0.305 e. The van der Waals surface area contributed by atoms with Gasteiger partial charge in [0.2, 0.25) is 0 Å². The number of aliphatic carboxylic acids is 1. The predicted molar refractivity (Wildman–Crippen MR) is 79.6 cm³/mol. The second kappa shape index (κ2) is 6.34. The lowest BCUT2D eigenvalue weighted by molar-refractivity contribution is -0.137. The van der Waals surface area contributed by atoms with E-state index in [1.165, 1.54) is 22.7 Å². The van der Waals surface area contributed by atoms with E-state index in [-0.39, 0.29) is 18.0 Å². The van der Waals surface area contributed by atoms with Gasteiger partial charge in [0.05, 0.1) is 15.6 Å². The van der Waals surface area contributed by atoms with Crippen molar-refractivity contribution in [1.29, 1.82) is 0 Å². The van der Waals surface area contributed by atoms with E-state index < -0.39 is 12.0 Å². The Balaban J connectivity index is 2.05. The molecule has 2 aromatic rings. The highest BCUT2D eigenvalue weighted by Gasteiger charge is 2.16. The molecule has 8 heteroatoms. The molecule has 0 radical (unpaired) electrons. The summed E-state index contributed by atoms with van der Waals surface area (Å²) < 4.78 is 0.663. The predicted octanol–water partition coefficient (Wildman–Crippen LogP) is 3.12. The van der Waals surface area contributed by atoms with Crippen LogP contribution in [0.25, 0.3) is 9.88 Å². The fourth-order valence-electron chi connectivity index (χ4n) is 1.53. The van der Waals surface area contributed by atoms with Gasteiger partial charge in [-0.1, -0.05) is 11.6 Å². The molecule has 0 aliphatic heterocycles. The number of aromatic nitrogens is 1. The number of rotatable bonds is 5. The number of hydrogen-bond donors (Lipinski definition) is 2. The zero-order valence-electron chi connectivity index (χ0n) is 10.4. The van der Waals surface area contributed by atoms with Gasteiger partial charge in [-0.15, -0.1) is 22.7 Å². The van der Waals surface area contributed by atoms with Gasteiger partial charge in [0.15, 0.2) is 0 Å². The van der Waals surface area contributed by atoms with Crippen molar-refractivity contribution in [2.75, 3.05) is 0 Å². The minimum atomic E-state index is -0.954. The van der Waals surface area contributed by atoms with E-state index in [9.17, 15) is 9.59 Å². The number of amides is 1. The summed E-state index contributed by atoms with van der Waals surface area (Å²) in [7, 11) is 0. The Hall–Kier alpha value is -1.44. The zero-order valence-corrected chi connectivity index (χ0v) is 12.8. The minimum absolute atomic E-state index is 0.122. The molecule has 2 rings (SSSR count). The molecule has 2 heterocycles. The molecule has 0 spiro atoms. The number of carbonyl (C=O) groups excluding carboxylic acids is 1. The Kier molecular flexibility index (Phi) is 4.74. The van der Waals surface area contributed by atoms with Crippen molar-refractivity contribution >= 4 is 46.2 Å². The van der Waals surface area contributed by atoms with Crippen LogP contribution < -0.4 is 5.32 Å². The summed E-state index contributed by atoms with van der Waals surface area (Å²) in [5.74, 6) is -1.33. The van der Waals surface area contributed by atoms with E-state index in [1.54, 1.807) is 18.4 Å². The number of carbonyl (C=O) groups is 2. The summed E-state index contributed by atoms with van der Waals surface area (Å²) in [6.45, 7) is 1.64. The van der Waals surface area contributed by atoms with Crippen LogP contribution in [-0.2, 0) is 4.79 Å². The van der Waals surface area contributed by atoms with E-state index in [1.807, 2.05) is 6.07 Å². The first-order valence-corrected chi connectivity index (χ1v) is 7.77. The van der Waals surface area contributed by atoms with E-state index >= 15 is 0 Å². The van der Waals surface area contributed by atoms with Gasteiger partial charge in [-0.05, 0) is 19.1 Å². The second-order valence-corrected chi connectivity index (χ2v) is 6.69. The average molecular weight is 331 g/mol. The smallest absolute Gasteiger partial charge is 0.305 e. The normalized spacial score (nSPS) is 12.1. The van der Waals surface area contributed by atoms with Crippen LogP contribution in [0.1, 0.15) is 23.8 Å². The molecule has 1 amide bonds. The highest BCUT2D eigenvalue weighted by Crippen LogP contribution is 2.32. The number of thiazole rings is 1. The molecule has 0 aliphatic carbocycles. The highest BCUT2D eigenvalue weighted by atomic mass is 35.5. The first-order chi connectivity index (χ1) is 9.45.